The fourth-order valence-electron chi connectivity index (χ4n) is 2.39. The third kappa shape index (κ3) is 3.16. The predicted octanol–water partition coefficient (Wildman–Crippen LogP) is 3.24. The number of hydrogen-bond acceptors (Lipinski definition) is 3. The molecule has 2 heterocycles. The number of rotatable bonds is 2. The molecule has 2 amide bonds. The highest BCUT2D eigenvalue weighted by atomic mass is 32.1. The second-order valence-electron chi connectivity index (χ2n) is 4.83. The largest absolute Gasteiger partial charge is 0.366 e. The maximum atomic E-state index is 13.7. The third-order valence-electron chi connectivity index (χ3n) is 3.51. The first-order chi connectivity index (χ1) is 10.2. The lowest BCUT2D eigenvalue weighted by atomic mass is 10.2. The average Bonchev–Trinajstić information content (AvgIpc) is 3.01. The molecule has 4 nitrogen and oxygen atoms in total. The summed E-state index contributed by atoms with van der Waals surface area (Å²) in [6.07, 6.45) is 0. The quantitative estimate of drug-likeness (QED) is 0.924. The maximum absolute atomic E-state index is 13.7. The van der Waals surface area contributed by atoms with Crippen LogP contribution in [0.5, 0.6) is 0 Å². The number of piperazine rings is 1. The third-order valence-corrected chi connectivity index (χ3v) is 4.30. The smallest absolute Gasteiger partial charge is 0.322 e. The number of benzene rings is 1. The van der Waals surface area contributed by atoms with Gasteiger partial charge in [0.05, 0.1) is 10.7 Å². The molecule has 2 aromatic rings. The van der Waals surface area contributed by atoms with Crippen LogP contribution in [0, 0.1) is 5.82 Å². The highest BCUT2D eigenvalue weighted by Crippen LogP contribution is 2.21. The molecule has 1 aliphatic rings. The van der Waals surface area contributed by atoms with Gasteiger partial charge in [-0.05, 0) is 29.6 Å². The van der Waals surface area contributed by atoms with E-state index >= 15 is 0 Å². The molecule has 1 aromatic carbocycles. The number of thiophene rings is 1. The van der Waals surface area contributed by atoms with Crippen molar-refractivity contribution >= 4 is 28.1 Å². The first-order valence-electron chi connectivity index (χ1n) is 6.83. The van der Waals surface area contributed by atoms with Gasteiger partial charge in [0, 0.05) is 26.2 Å². The number of urea groups is 1. The topological polar surface area (TPSA) is 35.6 Å². The van der Waals surface area contributed by atoms with E-state index in [0.717, 1.165) is 5.00 Å². The summed E-state index contributed by atoms with van der Waals surface area (Å²) in [6.45, 7) is 2.45. The number of amides is 2. The Kier molecular flexibility index (Phi) is 4.06. The Morgan fingerprint density at radius 2 is 1.86 bits per heavy atom. The molecule has 21 heavy (non-hydrogen) atoms. The Morgan fingerprint density at radius 3 is 2.52 bits per heavy atom. The van der Waals surface area contributed by atoms with Crippen molar-refractivity contribution in [3.63, 3.8) is 0 Å². The molecule has 110 valence electrons. The van der Waals surface area contributed by atoms with Gasteiger partial charge in [0.15, 0.2) is 0 Å². The van der Waals surface area contributed by atoms with Gasteiger partial charge in [-0.25, -0.2) is 9.18 Å². The molecule has 3 rings (SSSR count). The van der Waals surface area contributed by atoms with Crippen molar-refractivity contribution in [2.45, 2.75) is 0 Å². The first-order valence-corrected chi connectivity index (χ1v) is 7.71. The second kappa shape index (κ2) is 6.13. The SMILES string of the molecule is O=C(Nc1cccs1)N1CCN(c2ccccc2F)CC1. The van der Waals surface area contributed by atoms with Crippen LogP contribution in [0.3, 0.4) is 0 Å². The van der Waals surface area contributed by atoms with Crippen LogP contribution in [0.1, 0.15) is 0 Å². The molecular weight excluding hydrogens is 289 g/mol. The lowest BCUT2D eigenvalue weighted by molar-refractivity contribution is 0.208. The predicted molar refractivity (Wildman–Crippen MR) is 83.5 cm³/mol. The van der Waals surface area contributed by atoms with E-state index in [2.05, 4.69) is 5.32 Å². The Labute approximate surface area is 126 Å². The molecule has 0 unspecified atom stereocenters. The minimum atomic E-state index is -0.214. The molecule has 0 saturated carbocycles. The summed E-state index contributed by atoms with van der Waals surface area (Å²) in [4.78, 5) is 15.8. The van der Waals surface area contributed by atoms with Crippen LogP contribution in [-0.2, 0) is 0 Å². The van der Waals surface area contributed by atoms with Crippen LogP contribution in [0.15, 0.2) is 41.8 Å². The van der Waals surface area contributed by atoms with Crippen LogP contribution in [0.25, 0.3) is 0 Å². The molecule has 1 aromatic heterocycles. The number of para-hydroxylation sites is 1. The van der Waals surface area contributed by atoms with Crippen molar-refractivity contribution < 1.29 is 9.18 Å². The zero-order chi connectivity index (χ0) is 14.7. The number of nitrogens with zero attached hydrogens (tertiary/aromatic N) is 2. The molecule has 0 aliphatic carbocycles. The van der Waals surface area contributed by atoms with E-state index < -0.39 is 0 Å². The molecule has 0 spiro atoms. The summed E-state index contributed by atoms with van der Waals surface area (Å²) < 4.78 is 13.7. The number of carbonyl (C=O) groups excluding carboxylic acids is 1. The van der Waals surface area contributed by atoms with E-state index in [9.17, 15) is 9.18 Å². The molecule has 6 heteroatoms. The van der Waals surface area contributed by atoms with Gasteiger partial charge in [-0.15, -0.1) is 11.3 Å². The summed E-state index contributed by atoms with van der Waals surface area (Å²) in [5, 5.41) is 5.64. The molecule has 1 fully saturated rings. The van der Waals surface area contributed by atoms with Crippen molar-refractivity contribution in [2.75, 3.05) is 36.4 Å². The van der Waals surface area contributed by atoms with E-state index in [-0.39, 0.29) is 11.8 Å². The van der Waals surface area contributed by atoms with Gasteiger partial charge in [-0.3, -0.25) is 5.32 Å². The van der Waals surface area contributed by atoms with Crippen LogP contribution >= 0.6 is 11.3 Å². The minimum Gasteiger partial charge on any atom is -0.366 e. The van der Waals surface area contributed by atoms with Crippen LogP contribution in [0.2, 0.25) is 0 Å². The van der Waals surface area contributed by atoms with E-state index in [1.807, 2.05) is 28.5 Å². The lowest BCUT2D eigenvalue weighted by Gasteiger charge is -2.36. The van der Waals surface area contributed by atoms with Crippen molar-refractivity contribution in [2.24, 2.45) is 0 Å². The Hall–Kier alpha value is -2.08. The molecular formula is C15H16FN3OS. The summed E-state index contributed by atoms with van der Waals surface area (Å²) in [6, 6.07) is 10.4. The van der Waals surface area contributed by atoms with Crippen LogP contribution < -0.4 is 10.2 Å². The zero-order valence-corrected chi connectivity index (χ0v) is 12.3. The normalized spacial score (nSPS) is 15.1. The molecule has 0 radical (unpaired) electrons. The average molecular weight is 305 g/mol. The zero-order valence-electron chi connectivity index (χ0n) is 11.5. The van der Waals surface area contributed by atoms with E-state index in [0.29, 0.717) is 31.9 Å². The van der Waals surface area contributed by atoms with Gasteiger partial charge >= 0.3 is 6.03 Å². The maximum Gasteiger partial charge on any atom is 0.322 e. The summed E-state index contributed by atoms with van der Waals surface area (Å²) in [7, 11) is 0. The minimum absolute atomic E-state index is 0.0920. The molecule has 0 atom stereocenters. The number of carbonyl (C=O) groups is 1. The highest BCUT2D eigenvalue weighted by molar-refractivity contribution is 7.14. The van der Waals surface area contributed by atoms with Gasteiger partial charge in [0.25, 0.3) is 0 Å². The van der Waals surface area contributed by atoms with Gasteiger partial charge in [0.1, 0.15) is 5.82 Å². The number of anilines is 2. The number of hydrogen-bond donors (Lipinski definition) is 1. The number of halogens is 1. The molecule has 1 N–H and O–H groups in total. The fraction of sp³-hybridized carbons (Fsp3) is 0.267. The summed E-state index contributed by atoms with van der Waals surface area (Å²) in [5.74, 6) is -0.214. The monoisotopic (exact) mass is 305 g/mol. The molecule has 0 bridgehead atoms. The van der Waals surface area contributed by atoms with Crippen molar-refractivity contribution in [1.29, 1.82) is 0 Å². The first kappa shape index (κ1) is 13.9. The Balaban J connectivity index is 1.58. The Bertz CT molecular complexity index is 609. The fourth-order valence-corrected chi connectivity index (χ4v) is 3.00. The highest BCUT2D eigenvalue weighted by Gasteiger charge is 2.22. The van der Waals surface area contributed by atoms with Crippen molar-refractivity contribution in [3.05, 3.63) is 47.6 Å². The van der Waals surface area contributed by atoms with E-state index in [1.165, 1.54) is 17.4 Å². The van der Waals surface area contributed by atoms with Crippen molar-refractivity contribution in [3.8, 4) is 0 Å². The lowest BCUT2D eigenvalue weighted by Crippen LogP contribution is -2.50. The van der Waals surface area contributed by atoms with Crippen molar-refractivity contribution in [1.82, 2.24) is 4.90 Å². The van der Waals surface area contributed by atoms with Crippen LogP contribution in [-0.4, -0.2) is 37.1 Å². The standard InChI is InChI=1S/C15H16FN3OS/c16-12-4-1-2-5-13(12)18-7-9-19(10-8-18)15(20)17-14-6-3-11-21-14/h1-6,11H,7-10H2,(H,17,20). The summed E-state index contributed by atoms with van der Waals surface area (Å²) >= 11 is 1.50. The van der Waals surface area contributed by atoms with E-state index in [4.69, 9.17) is 0 Å². The van der Waals surface area contributed by atoms with Crippen LogP contribution in [0.4, 0.5) is 19.9 Å². The van der Waals surface area contributed by atoms with E-state index in [1.54, 1.807) is 17.0 Å². The van der Waals surface area contributed by atoms with Gasteiger partial charge < -0.3 is 9.80 Å². The molecule has 1 aliphatic heterocycles. The van der Waals surface area contributed by atoms with Gasteiger partial charge in [-0.1, -0.05) is 12.1 Å². The molecule has 1 saturated heterocycles. The second-order valence-corrected chi connectivity index (χ2v) is 5.78. The number of nitrogens with one attached hydrogen (secondary N) is 1. The Morgan fingerprint density at radius 1 is 1.10 bits per heavy atom. The summed E-state index contributed by atoms with van der Waals surface area (Å²) in [5.41, 5.74) is 0.607. The van der Waals surface area contributed by atoms with Gasteiger partial charge in [-0.2, -0.15) is 0 Å². The van der Waals surface area contributed by atoms with Gasteiger partial charge in [0.2, 0.25) is 0 Å².